The summed E-state index contributed by atoms with van der Waals surface area (Å²) >= 11 is 0. The van der Waals surface area contributed by atoms with Crippen LogP contribution in [0.4, 0.5) is 5.82 Å². The Hall–Kier alpha value is -1.69. The molecule has 1 aliphatic rings. The van der Waals surface area contributed by atoms with E-state index >= 15 is 0 Å². The Kier molecular flexibility index (Phi) is 5.29. The van der Waals surface area contributed by atoms with Gasteiger partial charge >= 0.3 is 0 Å². The van der Waals surface area contributed by atoms with Crippen LogP contribution in [0.5, 0.6) is 0 Å². The molecule has 1 saturated heterocycles. The van der Waals surface area contributed by atoms with Crippen molar-refractivity contribution in [1.29, 1.82) is 0 Å². The van der Waals surface area contributed by atoms with Gasteiger partial charge in [-0.1, -0.05) is 13.8 Å². The van der Waals surface area contributed by atoms with Gasteiger partial charge in [-0.25, -0.2) is 9.97 Å². The summed E-state index contributed by atoms with van der Waals surface area (Å²) in [5.74, 6) is 0.703. The number of carbonyl (C=O) groups is 1. The molecular formula is C14H23N5O. The Labute approximate surface area is 120 Å². The first-order valence-electron chi connectivity index (χ1n) is 7.32. The van der Waals surface area contributed by atoms with Crippen molar-refractivity contribution in [3.8, 4) is 0 Å². The number of aromatic nitrogens is 2. The SMILES string of the molecule is CCCNc1cnc(C(=O)N2CCN(CC)CC2)cn1. The zero-order chi connectivity index (χ0) is 14.4. The minimum absolute atomic E-state index is 0.0182. The predicted octanol–water partition coefficient (Wildman–Crippen LogP) is 1.08. The molecular weight excluding hydrogens is 254 g/mol. The second-order valence-electron chi connectivity index (χ2n) is 4.94. The van der Waals surface area contributed by atoms with Gasteiger partial charge in [0.2, 0.25) is 0 Å². The fourth-order valence-corrected chi connectivity index (χ4v) is 2.21. The third kappa shape index (κ3) is 3.66. The number of carbonyl (C=O) groups excluding carboxylic acids is 1. The number of nitrogens with one attached hydrogen (secondary N) is 1. The quantitative estimate of drug-likeness (QED) is 0.872. The highest BCUT2D eigenvalue weighted by Crippen LogP contribution is 2.08. The van der Waals surface area contributed by atoms with Crippen LogP contribution in [0.1, 0.15) is 30.8 Å². The van der Waals surface area contributed by atoms with Crippen LogP contribution in [0.25, 0.3) is 0 Å². The van der Waals surface area contributed by atoms with E-state index in [1.807, 2.05) is 4.90 Å². The van der Waals surface area contributed by atoms with Crippen molar-refractivity contribution < 1.29 is 4.79 Å². The lowest BCUT2D eigenvalue weighted by Gasteiger charge is -2.33. The van der Waals surface area contributed by atoms with Gasteiger partial charge in [0.25, 0.3) is 5.91 Å². The number of nitrogens with zero attached hydrogens (tertiary/aromatic N) is 4. The van der Waals surface area contributed by atoms with E-state index in [4.69, 9.17) is 0 Å². The summed E-state index contributed by atoms with van der Waals surface area (Å²) in [6, 6.07) is 0. The predicted molar refractivity (Wildman–Crippen MR) is 78.8 cm³/mol. The van der Waals surface area contributed by atoms with Gasteiger partial charge in [-0.2, -0.15) is 0 Å². The maximum Gasteiger partial charge on any atom is 0.274 e. The van der Waals surface area contributed by atoms with Crippen molar-refractivity contribution in [2.24, 2.45) is 0 Å². The maximum absolute atomic E-state index is 12.3. The number of anilines is 1. The average molecular weight is 277 g/mol. The molecule has 2 rings (SSSR count). The number of amides is 1. The minimum Gasteiger partial charge on any atom is -0.369 e. The molecule has 1 aromatic rings. The van der Waals surface area contributed by atoms with Crippen LogP contribution in [-0.4, -0.2) is 64.9 Å². The largest absolute Gasteiger partial charge is 0.369 e. The van der Waals surface area contributed by atoms with E-state index in [2.05, 4.69) is 34.0 Å². The smallest absolute Gasteiger partial charge is 0.274 e. The fourth-order valence-electron chi connectivity index (χ4n) is 2.21. The maximum atomic E-state index is 12.3. The summed E-state index contributed by atoms with van der Waals surface area (Å²) in [4.78, 5) is 24.9. The van der Waals surface area contributed by atoms with E-state index < -0.39 is 0 Å². The Balaban J connectivity index is 1.92. The standard InChI is InChI=1S/C14H23N5O/c1-3-5-15-13-11-16-12(10-17-13)14(20)19-8-6-18(4-2)7-9-19/h10-11H,3-9H2,1-2H3,(H,15,17). The molecule has 110 valence electrons. The summed E-state index contributed by atoms with van der Waals surface area (Å²) in [7, 11) is 0. The molecule has 2 heterocycles. The lowest BCUT2D eigenvalue weighted by Crippen LogP contribution is -2.48. The van der Waals surface area contributed by atoms with Gasteiger partial charge in [-0.05, 0) is 13.0 Å². The van der Waals surface area contributed by atoms with E-state index in [1.165, 1.54) is 0 Å². The molecule has 1 aromatic heterocycles. The van der Waals surface area contributed by atoms with Crippen LogP contribution in [0, 0.1) is 0 Å². The van der Waals surface area contributed by atoms with Crippen LogP contribution >= 0.6 is 0 Å². The Morgan fingerprint density at radius 1 is 1.20 bits per heavy atom. The van der Waals surface area contributed by atoms with E-state index in [9.17, 15) is 4.79 Å². The lowest BCUT2D eigenvalue weighted by molar-refractivity contribution is 0.0637. The zero-order valence-electron chi connectivity index (χ0n) is 12.3. The molecule has 0 aliphatic carbocycles. The first-order valence-corrected chi connectivity index (χ1v) is 7.32. The van der Waals surface area contributed by atoms with Gasteiger partial charge in [0.1, 0.15) is 11.5 Å². The first kappa shape index (κ1) is 14.7. The normalized spacial score (nSPS) is 16.2. The fraction of sp³-hybridized carbons (Fsp3) is 0.643. The molecule has 20 heavy (non-hydrogen) atoms. The molecule has 1 fully saturated rings. The number of hydrogen-bond acceptors (Lipinski definition) is 5. The molecule has 0 atom stereocenters. The van der Waals surface area contributed by atoms with Gasteiger partial charge < -0.3 is 15.1 Å². The molecule has 0 spiro atoms. The van der Waals surface area contributed by atoms with Crippen LogP contribution in [0.3, 0.4) is 0 Å². The van der Waals surface area contributed by atoms with Gasteiger partial charge in [-0.3, -0.25) is 4.79 Å². The highest BCUT2D eigenvalue weighted by atomic mass is 16.2. The van der Waals surface area contributed by atoms with Crippen LogP contribution in [0.15, 0.2) is 12.4 Å². The summed E-state index contributed by atoms with van der Waals surface area (Å²) in [5.41, 5.74) is 0.428. The first-order chi connectivity index (χ1) is 9.74. The van der Waals surface area contributed by atoms with Gasteiger partial charge in [0.15, 0.2) is 0 Å². The zero-order valence-corrected chi connectivity index (χ0v) is 12.3. The second kappa shape index (κ2) is 7.19. The Bertz CT molecular complexity index is 426. The molecule has 1 N–H and O–H groups in total. The van der Waals surface area contributed by atoms with Crippen molar-refractivity contribution in [3.05, 3.63) is 18.1 Å². The molecule has 1 amide bonds. The molecule has 1 aliphatic heterocycles. The van der Waals surface area contributed by atoms with Crippen LogP contribution < -0.4 is 5.32 Å². The topological polar surface area (TPSA) is 61.4 Å². The van der Waals surface area contributed by atoms with Crippen molar-refractivity contribution in [3.63, 3.8) is 0 Å². The number of piperazine rings is 1. The summed E-state index contributed by atoms with van der Waals surface area (Å²) in [6.07, 6.45) is 4.22. The van der Waals surface area contributed by atoms with Crippen molar-refractivity contribution >= 4 is 11.7 Å². The van der Waals surface area contributed by atoms with E-state index in [-0.39, 0.29) is 5.91 Å². The van der Waals surface area contributed by atoms with Crippen molar-refractivity contribution in [2.75, 3.05) is 44.6 Å². The summed E-state index contributed by atoms with van der Waals surface area (Å²) < 4.78 is 0. The van der Waals surface area contributed by atoms with Crippen LogP contribution in [-0.2, 0) is 0 Å². The highest BCUT2D eigenvalue weighted by Gasteiger charge is 2.22. The lowest BCUT2D eigenvalue weighted by atomic mass is 10.3. The van der Waals surface area contributed by atoms with Crippen LogP contribution in [0.2, 0.25) is 0 Å². The van der Waals surface area contributed by atoms with Gasteiger partial charge in [0, 0.05) is 32.7 Å². The molecule has 0 radical (unpaired) electrons. The Morgan fingerprint density at radius 2 is 1.95 bits per heavy atom. The number of rotatable bonds is 5. The average Bonchev–Trinajstić information content (AvgIpc) is 2.53. The third-order valence-corrected chi connectivity index (χ3v) is 3.53. The molecule has 6 nitrogen and oxygen atoms in total. The van der Waals surface area contributed by atoms with Gasteiger partial charge in [0.05, 0.1) is 12.4 Å². The van der Waals surface area contributed by atoms with Gasteiger partial charge in [-0.15, -0.1) is 0 Å². The second-order valence-corrected chi connectivity index (χ2v) is 4.94. The molecule has 0 unspecified atom stereocenters. The molecule has 0 aromatic carbocycles. The number of likely N-dealkylation sites (N-methyl/N-ethyl adjacent to an activating group) is 1. The number of hydrogen-bond donors (Lipinski definition) is 1. The Morgan fingerprint density at radius 3 is 2.50 bits per heavy atom. The van der Waals surface area contributed by atoms with Crippen molar-refractivity contribution in [1.82, 2.24) is 19.8 Å². The third-order valence-electron chi connectivity index (χ3n) is 3.53. The molecule has 0 saturated carbocycles. The monoisotopic (exact) mass is 277 g/mol. The molecule has 0 bridgehead atoms. The highest BCUT2D eigenvalue weighted by molar-refractivity contribution is 5.92. The van der Waals surface area contributed by atoms with Crippen molar-refractivity contribution in [2.45, 2.75) is 20.3 Å². The minimum atomic E-state index is -0.0182. The van der Waals surface area contributed by atoms with E-state index in [1.54, 1.807) is 12.4 Å². The molecule has 6 heteroatoms. The summed E-state index contributed by atoms with van der Waals surface area (Å²) in [5, 5.41) is 3.15. The summed E-state index contributed by atoms with van der Waals surface area (Å²) in [6.45, 7) is 9.55. The van der Waals surface area contributed by atoms with E-state index in [0.717, 1.165) is 51.5 Å². The van der Waals surface area contributed by atoms with E-state index in [0.29, 0.717) is 5.69 Å².